The van der Waals surface area contributed by atoms with Crippen molar-refractivity contribution in [3.8, 4) is 0 Å². The van der Waals surface area contributed by atoms with Gasteiger partial charge in [-0.25, -0.2) is 4.98 Å². The summed E-state index contributed by atoms with van der Waals surface area (Å²) in [7, 11) is 0. The van der Waals surface area contributed by atoms with Gasteiger partial charge >= 0.3 is 0 Å². The van der Waals surface area contributed by atoms with Crippen LogP contribution < -0.4 is 0 Å². The van der Waals surface area contributed by atoms with Crippen LogP contribution in [0.5, 0.6) is 0 Å². The molecule has 1 amide bonds. The van der Waals surface area contributed by atoms with E-state index in [1.807, 2.05) is 12.3 Å². The molecule has 0 unspecified atom stereocenters. The zero-order valence-corrected chi connectivity index (χ0v) is 15.3. The van der Waals surface area contributed by atoms with Gasteiger partial charge in [-0.05, 0) is 50.0 Å². The van der Waals surface area contributed by atoms with Gasteiger partial charge in [0, 0.05) is 37.9 Å². The fourth-order valence-electron chi connectivity index (χ4n) is 4.60. The zero-order valence-electron chi connectivity index (χ0n) is 15.3. The van der Waals surface area contributed by atoms with Crippen molar-refractivity contribution in [2.75, 3.05) is 13.1 Å². The molecular weight excluding hydrogens is 322 g/mol. The Morgan fingerprint density at radius 1 is 1.15 bits per heavy atom. The van der Waals surface area contributed by atoms with Gasteiger partial charge in [-0.1, -0.05) is 30.3 Å². The molecule has 1 aromatic carbocycles. The van der Waals surface area contributed by atoms with Crippen LogP contribution in [-0.2, 0) is 16.8 Å². The molecule has 0 radical (unpaired) electrons. The average Bonchev–Trinajstić information content (AvgIpc) is 3.61. The normalized spacial score (nSPS) is 24.5. The number of carbonyl (C=O) groups excluding carboxylic acids is 1. The summed E-state index contributed by atoms with van der Waals surface area (Å²) < 4.78 is 2.35. The van der Waals surface area contributed by atoms with Crippen LogP contribution >= 0.6 is 0 Å². The molecule has 2 aliphatic carbocycles. The van der Waals surface area contributed by atoms with Crippen LogP contribution in [0, 0.1) is 5.92 Å². The Bertz CT molecular complexity index is 789. The zero-order chi connectivity index (χ0) is 17.6. The molecule has 26 heavy (non-hydrogen) atoms. The van der Waals surface area contributed by atoms with E-state index in [-0.39, 0.29) is 5.41 Å². The Morgan fingerprint density at radius 3 is 2.69 bits per heavy atom. The molecule has 1 atom stereocenters. The molecule has 1 saturated heterocycles. The molecule has 3 fully saturated rings. The minimum absolute atomic E-state index is 0.243. The summed E-state index contributed by atoms with van der Waals surface area (Å²) in [6, 6.07) is 10.4. The van der Waals surface area contributed by atoms with E-state index in [1.54, 1.807) is 0 Å². The van der Waals surface area contributed by atoms with Crippen molar-refractivity contribution in [2.24, 2.45) is 5.92 Å². The highest BCUT2D eigenvalue weighted by molar-refractivity contribution is 5.91. The first-order valence-corrected chi connectivity index (χ1v) is 10.1. The fraction of sp³-hybridized carbons (Fsp3) is 0.545. The van der Waals surface area contributed by atoms with E-state index in [4.69, 9.17) is 0 Å². The number of imidazole rings is 1. The third kappa shape index (κ3) is 2.85. The van der Waals surface area contributed by atoms with Gasteiger partial charge in [-0.2, -0.15) is 0 Å². The molecule has 1 aliphatic heterocycles. The van der Waals surface area contributed by atoms with Gasteiger partial charge in [0.1, 0.15) is 5.82 Å². The van der Waals surface area contributed by atoms with Crippen LogP contribution in [0.15, 0.2) is 42.7 Å². The minimum atomic E-state index is -0.243. The molecule has 0 N–H and O–H groups in total. The maximum absolute atomic E-state index is 13.4. The summed E-state index contributed by atoms with van der Waals surface area (Å²) in [5, 5.41) is 0. The highest BCUT2D eigenvalue weighted by Crippen LogP contribution is 2.50. The van der Waals surface area contributed by atoms with Gasteiger partial charge in [-0.3, -0.25) is 4.79 Å². The van der Waals surface area contributed by atoms with E-state index in [9.17, 15) is 4.79 Å². The largest absolute Gasteiger partial charge is 0.341 e. The van der Waals surface area contributed by atoms with Crippen molar-refractivity contribution in [1.82, 2.24) is 14.5 Å². The van der Waals surface area contributed by atoms with Crippen molar-refractivity contribution in [3.05, 3.63) is 54.1 Å². The van der Waals surface area contributed by atoms with Gasteiger partial charge in [0.25, 0.3) is 0 Å². The Kier molecular flexibility index (Phi) is 3.87. The quantitative estimate of drug-likeness (QED) is 0.825. The second-order valence-electron chi connectivity index (χ2n) is 8.42. The lowest BCUT2D eigenvalue weighted by Crippen LogP contribution is -2.45. The molecule has 2 aromatic rings. The Labute approximate surface area is 155 Å². The predicted molar refractivity (Wildman–Crippen MR) is 101 cm³/mol. The lowest BCUT2D eigenvalue weighted by molar-refractivity contribution is -0.135. The molecular formula is C22H27N3O. The monoisotopic (exact) mass is 349 g/mol. The van der Waals surface area contributed by atoms with Crippen molar-refractivity contribution in [2.45, 2.75) is 56.4 Å². The number of carbonyl (C=O) groups is 1. The van der Waals surface area contributed by atoms with Gasteiger partial charge in [-0.15, -0.1) is 0 Å². The summed E-state index contributed by atoms with van der Waals surface area (Å²) in [5.41, 5.74) is 0.953. The molecule has 5 rings (SSSR count). The number of likely N-dealkylation sites (tertiary alicyclic amines) is 1. The first-order chi connectivity index (χ1) is 12.8. The summed E-state index contributed by atoms with van der Waals surface area (Å²) in [6.07, 6.45) is 11.0. The lowest BCUT2D eigenvalue weighted by atomic mass is 9.91. The highest BCUT2D eigenvalue weighted by Gasteiger charge is 2.53. The molecule has 2 heterocycles. The summed E-state index contributed by atoms with van der Waals surface area (Å²) in [6.45, 7) is 2.83. The number of amides is 1. The minimum Gasteiger partial charge on any atom is -0.341 e. The molecule has 0 bridgehead atoms. The van der Waals surface area contributed by atoms with E-state index in [0.717, 1.165) is 51.2 Å². The van der Waals surface area contributed by atoms with E-state index in [2.05, 4.69) is 44.9 Å². The summed E-state index contributed by atoms with van der Waals surface area (Å²) in [5.74, 6) is 2.76. The van der Waals surface area contributed by atoms with E-state index < -0.39 is 0 Å². The molecule has 1 aromatic heterocycles. The van der Waals surface area contributed by atoms with E-state index >= 15 is 0 Å². The van der Waals surface area contributed by atoms with Crippen LogP contribution in [0.2, 0.25) is 0 Å². The molecule has 4 heteroatoms. The number of hydrogen-bond donors (Lipinski definition) is 0. The van der Waals surface area contributed by atoms with E-state index in [1.165, 1.54) is 24.2 Å². The Balaban J connectivity index is 1.33. The standard InChI is InChI=1S/C22H27N3O/c26-21(22(10-11-22)19-6-2-1-3-7-19)25-13-4-5-18(16-25)20-23-12-14-24(20)15-17-8-9-17/h1-3,6-7,12,14,17-18H,4-5,8-11,13,15-16H2/t18-/m1/s1. The highest BCUT2D eigenvalue weighted by atomic mass is 16.2. The molecule has 136 valence electrons. The van der Waals surface area contributed by atoms with Crippen molar-refractivity contribution >= 4 is 5.91 Å². The number of piperidine rings is 1. The van der Waals surface area contributed by atoms with Crippen LogP contribution in [-0.4, -0.2) is 33.4 Å². The van der Waals surface area contributed by atoms with Gasteiger partial charge in [0.2, 0.25) is 5.91 Å². The van der Waals surface area contributed by atoms with Crippen LogP contribution in [0.3, 0.4) is 0 Å². The first-order valence-electron chi connectivity index (χ1n) is 10.1. The smallest absolute Gasteiger partial charge is 0.233 e. The molecule has 2 saturated carbocycles. The van der Waals surface area contributed by atoms with Gasteiger partial charge in [0.05, 0.1) is 5.41 Å². The third-order valence-corrected chi connectivity index (χ3v) is 6.46. The maximum Gasteiger partial charge on any atom is 0.233 e. The van der Waals surface area contributed by atoms with Crippen molar-refractivity contribution in [3.63, 3.8) is 0 Å². The average molecular weight is 349 g/mol. The fourth-order valence-corrected chi connectivity index (χ4v) is 4.60. The van der Waals surface area contributed by atoms with Crippen LogP contribution in [0.25, 0.3) is 0 Å². The number of rotatable bonds is 5. The second-order valence-corrected chi connectivity index (χ2v) is 8.42. The second kappa shape index (κ2) is 6.26. The maximum atomic E-state index is 13.4. The van der Waals surface area contributed by atoms with Crippen molar-refractivity contribution < 1.29 is 4.79 Å². The SMILES string of the molecule is O=C(N1CCC[C@@H](c2nccn2CC2CC2)C1)C1(c2ccccc2)CC1. The number of benzene rings is 1. The summed E-state index contributed by atoms with van der Waals surface area (Å²) >= 11 is 0. The Hall–Kier alpha value is -2.10. The van der Waals surface area contributed by atoms with E-state index in [0.29, 0.717) is 11.8 Å². The third-order valence-electron chi connectivity index (χ3n) is 6.46. The van der Waals surface area contributed by atoms with Gasteiger partial charge < -0.3 is 9.47 Å². The van der Waals surface area contributed by atoms with Crippen molar-refractivity contribution in [1.29, 1.82) is 0 Å². The van der Waals surface area contributed by atoms with Gasteiger partial charge in [0.15, 0.2) is 0 Å². The topological polar surface area (TPSA) is 38.1 Å². The number of hydrogen-bond acceptors (Lipinski definition) is 2. The Morgan fingerprint density at radius 2 is 1.96 bits per heavy atom. The van der Waals surface area contributed by atoms with Crippen LogP contribution in [0.1, 0.15) is 55.8 Å². The molecule has 4 nitrogen and oxygen atoms in total. The first kappa shape index (κ1) is 16.1. The lowest BCUT2D eigenvalue weighted by Gasteiger charge is -2.35. The number of nitrogens with zero attached hydrogens (tertiary/aromatic N) is 3. The molecule has 0 spiro atoms. The summed E-state index contributed by atoms with van der Waals surface area (Å²) in [4.78, 5) is 20.2. The number of aromatic nitrogens is 2. The van der Waals surface area contributed by atoms with Crippen LogP contribution in [0.4, 0.5) is 0 Å². The molecule has 3 aliphatic rings. The predicted octanol–water partition coefficient (Wildman–Crippen LogP) is 3.73.